The Morgan fingerprint density at radius 3 is 2.35 bits per heavy atom. The first-order chi connectivity index (χ1) is 11.3. The molecule has 0 N–H and O–H groups in total. The fourth-order valence-corrected chi connectivity index (χ4v) is 2.62. The van der Waals surface area contributed by atoms with E-state index in [9.17, 15) is 0 Å². The van der Waals surface area contributed by atoms with Crippen molar-refractivity contribution in [3.63, 3.8) is 0 Å². The molecule has 4 aromatic rings. The lowest BCUT2D eigenvalue weighted by Gasteiger charge is -2.06. The van der Waals surface area contributed by atoms with Gasteiger partial charge in [0.25, 0.3) is 0 Å². The van der Waals surface area contributed by atoms with Crippen LogP contribution in [0.5, 0.6) is 5.75 Å². The molecule has 112 valence electrons. The second-order valence-electron chi connectivity index (χ2n) is 5.24. The molecule has 0 saturated carbocycles. The largest absolute Gasteiger partial charge is 0.497 e. The van der Waals surface area contributed by atoms with Crippen molar-refractivity contribution in [1.82, 2.24) is 14.4 Å². The first kappa shape index (κ1) is 13.5. The van der Waals surface area contributed by atoms with E-state index in [0.29, 0.717) is 0 Å². The molecule has 0 spiro atoms. The zero-order valence-corrected chi connectivity index (χ0v) is 12.7. The van der Waals surface area contributed by atoms with E-state index in [0.717, 1.165) is 33.9 Å². The zero-order chi connectivity index (χ0) is 15.6. The molecular weight excluding hydrogens is 286 g/mol. The van der Waals surface area contributed by atoms with Gasteiger partial charge in [-0.3, -0.25) is 9.38 Å². The van der Waals surface area contributed by atoms with Crippen LogP contribution in [0.3, 0.4) is 0 Å². The molecule has 4 nitrogen and oxygen atoms in total. The van der Waals surface area contributed by atoms with Gasteiger partial charge in [-0.25, -0.2) is 4.98 Å². The summed E-state index contributed by atoms with van der Waals surface area (Å²) in [5.41, 5.74) is 4.95. The van der Waals surface area contributed by atoms with E-state index in [2.05, 4.69) is 26.5 Å². The Kier molecular flexibility index (Phi) is 3.27. The Balaban J connectivity index is 1.84. The van der Waals surface area contributed by atoms with E-state index in [-0.39, 0.29) is 0 Å². The summed E-state index contributed by atoms with van der Waals surface area (Å²) in [7, 11) is 1.67. The van der Waals surface area contributed by atoms with Gasteiger partial charge in [0, 0.05) is 17.3 Å². The van der Waals surface area contributed by atoms with Gasteiger partial charge in [-0.05, 0) is 24.3 Å². The number of methoxy groups -OCH3 is 1. The third-order valence-electron chi connectivity index (χ3n) is 3.85. The van der Waals surface area contributed by atoms with Crippen LogP contribution in [0.4, 0.5) is 0 Å². The van der Waals surface area contributed by atoms with Gasteiger partial charge in [-0.15, -0.1) is 0 Å². The average Bonchev–Trinajstić information content (AvgIpc) is 3.05. The lowest BCUT2D eigenvalue weighted by molar-refractivity contribution is 0.415. The normalized spacial score (nSPS) is 10.8. The maximum absolute atomic E-state index is 5.22. The molecule has 0 atom stereocenters. The van der Waals surface area contributed by atoms with Crippen molar-refractivity contribution in [2.45, 2.75) is 0 Å². The number of ether oxygens (including phenoxy) is 1. The van der Waals surface area contributed by atoms with Crippen LogP contribution >= 0.6 is 0 Å². The van der Waals surface area contributed by atoms with Crippen LogP contribution in [0, 0.1) is 0 Å². The van der Waals surface area contributed by atoms with Gasteiger partial charge < -0.3 is 4.74 Å². The number of hydrogen-bond acceptors (Lipinski definition) is 3. The van der Waals surface area contributed by atoms with Crippen molar-refractivity contribution in [1.29, 1.82) is 0 Å². The Morgan fingerprint density at radius 1 is 0.826 bits per heavy atom. The summed E-state index contributed by atoms with van der Waals surface area (Å²) in [4.78, 5) is 8.95. The number of fused-ring (bicyclic) bond motifs is 1. The highest BCUT2D eigenvalue weighted by atomic mass is 16.5. The van der Waals surface area contributed by atoms with Crippen molar-refractivity contribution in [2.24, 2.45) is 0 Å². The topological polar surface area (TPSA) is 39.4 Å². The third-order valence-corrected chi connectivity index (χ3v) is 3.85. The van der Waals surface area contributed by atoms with Crippen molar-refractivity contribution in [2.75, 3.05) is 7.11 Å². The fourth-order valence-electron chi connectivity index (χ4n) is 2.62. The van der Waals surface area contributed by atoms with E-state index >= 15 is 0 Å². The highest BCUT2D eigenvalue weighted by Crippen LogP contribution is 2.25. The molecule has 0 aliphatic heterocycles. The van der Waals surface area contributed by atoms with Crippen LogP contribution in [0.15, 0.2) is 73.2 Å². The van der Waals surface area contributed by atoms with E-state index in [1.165, 1.54) is 0 Å². The molecule has 0 unspecified atom stereocenters. The van der Waals surface area contributed by atoms with E-state index in [1.54, 1.807) is 13.3 Å². The maximum Gasteiger partial charge on any atom is 0.155 e. The molecule has 0 amide bonds. The SMILES string of the molecule is COc1ccc(-c2cnc3cnc(-c4ccccc4)cn23)cc1. The van der Waals surface area contributed by atoms with Gasteiger partial charge in [0.2, 0.25) is 0 Å². The zero-order valence-electron chi connectivity index (χ0n) is 12.7. The number of hydrogen-bond donors (Lipinski definition) is 0. The number of imidazole rings is 1. The van der Waals surface area contributed by atoms with E-state index in [4.69, 9.17) is 4.74 Å². The summed E-state index contributed by atoms with van der Waals surface area (Å²) >= 11 is 0. The van der Waals surface area contributed by atoms with Crippen LogP contribution in [0.2, 0.25) is 0 Å². The fraction of sp³-hybridized carbons (Fsp3) is 0.0526. The minimum absolute atomic E-state index is 0.829. The van der Waals surface area contributed by atoms with Crippen molar-refractivity contribution in [3.8, 4) is 28.3 Å². The monoisotopic (exact) mass is 301 g/mol. The van der Waals surface area contributed by atoms with Gasteiger partial charge in [0.1, 0.15) is 5.75 Å². The maximum atomic E-state index is 5.22. The Morgan fingerprint density at radius 2 is 1.61 bits per heavy atom. The lowest BCUT2D eigenvalue weighted by Crippen LogP contribution is -1.93. The van der Waals surface area contributed by atoms with Gasteiger partial charge >= 0.3 is 0 Å². The summed E-state index contributed by atoms with van der Waals surface area (Å²) in [6, 6.07) is 18.1. The summed E-state index contributed by atoms with van der Waals surface area (Å²) in [5, 5.41) is 0. The molecular formula is C19H15N3O. The van der Waals surface area contributed by atoms with Crippen LogP contribution in [0.1, 0.15) is 0 Å². The Hall–Kier alpha value is -3.14. The standard InChI is InChI=1S/C19H15N3O/c1-23-16-9-7-15(8-10-16)18-11-21-19-12-20-17(13-22(18)19)14-5-3-2-4-6-14/h2-13H,1H3. The van der Waals surface area contributed by atoms with Gasteiger partial charge in [0.05, 0.1) is 30.9 Å². The first-order valence-corrected chi connectivity index (χ1v) is 7.38. The molecule has 0 bridgehead atoms. The molecule has 2 heterocycles. The van der Waals surface area contributed by atoms with Crippen LogP contribution in [-0.4, -0.2) is 21.5 Å². The van der Waals surface area contributed by atoms with Crippen molar-refractivity contribution < 1.29 is 4.74 Å². The lowest BCUT2D eigenvalue weighted by atomic mass is 10.1. The summed E-state index contributed by atoms with van der Waals surface area (Å²) in [6.45, 7) is 0. The van der Waals surface area contributed by atoms with Gasteiger partial charge in [-0.2, -0.15) is 0 Å². The van der Waals surface area contributed by atoms with Crippen molar-refractivity contribution in [3.05, 3.63) is 73.2 Å². The second-order valence-corrected chi connectivity index (χ2v) is 5.24. The number of aromatic nitrogens is 3. The smallest absolute Gasteiger partial charge is 0.155 e. The molecule has 0 aliphatic carbocycles. The summed E-state index contributed by atoms with van der Waals surface area (Å²) in [5.74, 6) is 0.842. The van der Waals surface area contributed by atoms with Crippen LogP contribution < -0.4 is 4.74 Å². The molecule has 23 heavy (non-hydrogen) atoms. The van der Waals surface area contributed by atoms with Gasteiger partial charge in [0.15, 0.2) is 5.65 Å². The summed E-state index contributed by atoms with van der Waals surface area (Å²) < 4.78 is 7.29. The molecule has 0 saturated heterocycles. The van der Waals surface area contributed by atoms with Crippen molar-refractivity contribution >= 4 is 5.65 Å². The molecule has 4 heteroatoms. The predicted octanol–water partition coefficient (Wildman–Crippen LogP) is 4.07. The predicted molar refractivity (Wildman–Crippen MR) is 90.4 cm³/mol. The summed E-state index contributed by atoms with van der Waals surface area (Å²) in [6.07, 6.45) is 5.69. The number of nitrogens with zero attached hydrogens (tertiary/aromatic N) is 3. The second kappa shape index (κ2) is 5.57. The van der Waals surface area contributed by atoms with E-state index in [1.807, 2.05) is 54.9 Å². The van der Waals surface area contributed by atoms with Crippen LogP contribution in [0.25, 0.3) is 28.2 Å². The Labute approximate surface area is 134 Å². The molecule has 0 radical (unpaired) electrons. The third kappa shape index (κ3) is 2.44. The number of rotatable bonds is 3. The molecule has 2 aromatic carbocycles. The quantitative estimate of drug-likeness (QED) is 0.572. The minimum atomic E-state index is 0.829. The highest BCUT2D eigenvalue weighted by molar-refractivity contribution is 5.66. The molecule has 4 rings (SSSR count). The number of benzene rings is 2. The molecule has 0 fully saturated rings. The highest BCUT2D eigenvalue weighted by Gasteiger charge is 2.08. The van der Waals surface area contributed by atoms with E-state index < -0.39 is 0 Å². The van der Waals surface area contributed by atoms with Gasteiger partial charge in [-0.1, -0.05) is 30.3 Å². The minimum Gasteiger partial charge on any atom is -0.497 e. The van der Waals surface area contributed by atoms with Crippen LogP contribution in [-0.2, 0) is 0 Å². The average molecular weight is 301 g/mol. The molecule has 2 aromatic heterocycles. The first-order valence-electron chi connectivity index (χ1n) is 7.38. The molecule has 0 aliphatic rings. The Bertz CT molecular complexity index is 943.